The number of guanidine groups is 1. The number of nitrogens with zero attached hydrogens (tertiary/aromatic N) is 1. The van der Waals surface area contributed by atoms with Gasteiger partial charge in [0, 0.05) is 13.1 Å². The zero-order valence-electron chi connectivity index (χ0n) is 11.5. The van der Waals surface area contributed by atoms with Crippen LogP contribution in [0.4, 0.5) is 13.2 Å². The van der Waals surface area contributed by atoms with E-state index < -0.39 is 17.5 Å². The third-order valence-electron chi connectivity index (χ3n) is 3.51. The van der Waals surface area contributed by atoms with Gasteiger partial charge in [-0.15, -0.1) is 24.0 Å². The topological polar surface area (TPSA) is 50.4 Å². The van der Waals surface area contributed by atoms with Gasteiger partial charge in [0.05, 0.1) is 0 Å². The van der Waals surface area contributed by atoms with Crippen LogP contribution in [0.5, 0.6) is 0 Å². The third kappa shape index (κ3) is 5.37. The minimum atomic E-state index is -1.44. The number of halogens is 4. The molecule has 3 N–H and O–H groups in total. The van der Waals surface area contributed by atoms with Crippen LogP contribution in [0.3, 0.4) is 0 Å². The van der Waals surface area contributed by atoms with Crippen molar-refractivity contribution in [2.45, 2.75) is 25.7 Å². The first-order chi connectivity index (χ1) is 9.56. The molecular formula is C14H19F3IN3. The normalized spacial score (nSPS) is 15.3. The van der Waals surface area contributed by atoms with Crippen molar-refractivity contribution in [2.24, 2.45) is 16.6 Å². The van der Waals surface area contributed by atoms with Gasteiger partial charge in [0.1, 0.15) is 0 Å². The van der Waals surface area contributed by atoms with Gasteiger partial charge in [-0.3, -0.25) is 4.99 Å². The Morgan fingerprint density at radius 1 is 1.24 bits per heavy atom. The second kappa shape index (κ2) is 8.45. The molecule has 0 saturated heterocycles. The van der Waals surface area contributed by atoms with E-state index in [9.17, 15) is 13.2 Å². The molecular weight excluding hydrogens is 394 g/mol. The van der Waals surface area contributed by atoms with Gasteiger partial charge in [-0.1, -0.05) is 6.42 Å². The fraction of sp³-hybridized carbons (Fsp3) is 0.500. The van der Waals surface area contributed by atoms with E-state index in [1.54, 1.807) is 0 Å². The minimum Gasteiger partial charge on any atom is -0.370 e. The average molecular weight is 413 g/mol. The summed E-state index contributed by atoms with van der Waals surface area (Å²) in [5.41, 5.74) is 6.06. The first-order valence-electron chi connectivity index (χ1n) is 6.73. The highest BCUT2D eigenvalue weighted by molar-refractivity contribution is 14.0. The highest BCUT2D eigenvalue weighted by Gasteiger charge is 2.16. The molecule has 1 aliphatic rings. The summed E-state index contributed by atoms with van der Waals surface area (Å²) in [6.07, 6.45) is 4.00. The van der Waals surface area contributed by atoms with E-state index in [0.717, 1.165) is 18.7 Å². The summed E-state index contributed by atoms with van der Waals surface area (Å²) in [5.74, 6) is -2.82. The van der Waals surface area contributed by atoms with Crippen LogP contribution in [0.1, 0.15) is 24.8 Å². The molecule has 3 nitrogen and oxygen atoms in total. The van der Waals surface area contributed by atoms with Gasteiger partial charge in [-0.25, -0.2) is 13.2 Å². The summed E-state index contributed by atoms with van der Waals surface area (Å²) >= 11 is 0. The van der Waals surface area contributed by atoms with Crippen molar-refractivity contribution in [3.05, 3.63) is 35.1 Å². The first kappa shape index (κ1) is 18.1. The lowest BCUT2D eigenvalue weighted by molar-refractivity contribution is 0.326. The fourth-order valence-electron chi connectivity index (χ4n) is 2.05. The van der Waals surface area contributed by atoms with Crippen LogP contribution >= 0.6 is 24.0 Å². The Labute approximate surface area is 139 Å². The highest BCUT2D eigenvalue weighted by atomic mass is 127. The molecule has 0 spiro atoms. The zero-order chi connectivity index (χ0) is 14.5. The Hall–Kier alpha value is -0.990. The Morgan fingerprint density at radius 3 is 2.38 bits per heavy atom. The molecule has 1 fully saturated rings. The van der Waals surface area contributed by atoms with Crippen LogP contribution in [0.2, 0.25) is 0 Å². The highest BCUT2D eigenvalue weighted by Crippen LogP contribution is 2.26. The summed E-state index contributed by atoms with van der Waals surface area (Å²) in [6, 6.07) is 1.98. The molecule has 1 aromatic rings. The quantitative estimate of drug-likeness (QED) is 0.338. The van der Waals surface area contributed by atoms with Crippen molar-refractivity contribution in [2.75, 3.05) is 13.1 Å². The van der Waals surface area contributed by atoms with E-state index in [-0.39, 0.29) is 24.0 Å². The van der Waals surface area contributed by atoms with Gasteiger partial charge in [0.15, 0.2) is 23.4 Å². The number of benzene rings is 1. The SMILES string of the molecule is I.NC(=NCC1CCC1)NCCc1cc(F)c(F)c(F)c1. The number of nitrogens with one attached hydrogen (secondary N) is 1. The van der Waals surface area contributed by atoms with Crippen molar-refractivity contribution in [1.29, 1.82) is 0 Å². The second-order valence-corrected chi connectivity index (χ2v) is 5.07. The van der Waals surface area contributed by atoms with Crippen LogP contribution in [0.25, 0.3) is 0 Å². The number of aliphatic imine (C=N–C) groups is 1. The summed E-state index contributed by atoms with van der Waals surface area (Å²) < 4.78 is 38.8. The Bertz CT molecular complexity index is 481. The van der Waals surface area contributed by atoms with E-state index in [1.165, 1.54) is 19.3 Å². The third-order valence-corrected chi connectivity index (χ3v) is 3.51. The molecule has 118 valence electrons. The van der Waals surface area contributed by atoms with E-state index in [2.05, 4.69) is 10.3 Å². The standard InChI is InChI=1S/C14H18F3N3.HI/c15-11-6-10(7-12(16)13(11)17)4-5-19-14(18)20-8-9-2-1-3-9;/h6-7,9H,1-5,8H2,(H3,18,19,20);1H. The predicted octanol–water partition coefficient (Wildman–Crippen LogP) is 2.97. The van der Waals surface area contributed by atoms with Crippen molar-refractivity contribution in [3.63, 3.8) is 0 Å². The van der Waals surface area contributed by atoms with Gasteiger partial charge in [0.2, 0.25) is 0 Å². The van der Waals surface area contributed by atoms with E-state index in [0.29, 0.717) is 30.4 Å². The number of nitrogens with two attached hydrogens (primary N) is 1. The van der Waals surface area contributed by atoms with Gasteiger partial charge in [0.25, 0.3) is 0 Å². The lowest BCUT2D eigenvalue weighted by Gasteiger charge is -2.23. The van der Waals surface area contributed by atoms with Gasteiger partial charge in [-0.2, -0.15) is 0 Å². The molecule has 0 aliphatic heterocycles. The second-order valence-electron chi connectivity index (χ2n) is 5.07. The molecule has 2 rings (SSSR count). The average Bonchev–Trinajstić information content (AvgIpc) is 2.34. The monoisotopic (exact) mass is 413 g/mol. The zero-order valence-corrected chi connectivity index (χ0v) is 13.9. The molecule has 0 unspecified atom stereocenters. The van der Waals surface area contributed by atoms with Crippen molar-refractivity contribution in [1.82, 2.24) is 5.32 Å². The van der Waals surface area contributed by atoms with Crippen molar-refractivity contribution in [3.8, 4) is 0 Å². The lowest BCUT2D eigenvalue weighted by Crippen LogP contribution is -2.34. The molecule has 0 heterocycles. The largest absolute Gasteiger partial charge is 0.370 e. The van der Waals surface area contributed by atoms with Crippen LogP contribution in [-0.2, 0) is 6.42 Å². The molecule has 0 radical (unpaired) electrons. The molecule has 7 heteroatoms. The predicted molar refractivity (Wildman–Crippen MR) is 87.3 cm³/mol. The molecule has 1 aromatic carbocycles. The smallest absolute Gasteiger partial charge is 0.194 e. The maximum absolute atomic E-state index is 13.0. The van der Waals surface area contributed by atoms with Crippen LogP contribution in [0, 0.1) is 23.4 Å². The van der Waals surface area contributed by atoms with E-state index in [1.807, 2.05) is 0 Å². The minimum absolute atomic E-state index is 0. The van der Waals surface area contributed by atoms with Crippen molar-refractivity contribution >= 4 is 29.9 Å². The molecule has 21 heavy (non-hydrogen) atoms. The Balaban J connectivity index is 0.00000220. The van der Waals surface area contributed by atoms with Gasteiger partial charge >= 0.3 is 0 Å². The molecule has 0 aromatic heterocycles. The number of rotatable bonds is 5. The summed E-state index contributed by atoms with van der Waals surface area (Å²) in [4.78, 5) is 4.20. The molecule has 0 atom stereocenters. The van der Waals surface area contributed by atoms with Crippen LogP contribution < -0.4 is 11.1 Å². The summed E-state index contributed by atoms with van der Waals surface area (Å²) in [5, 5.41) is 2.88. The van der Waals surface area contributed by atoms with Crippen LogP contribution in [-0.4, -0.2) is 19.0 Å². The van der Waals surface area contributed by atoms with Gasteiger partial charge < -0.3 is 11.1 Å². The summed E-state index contributed by atoms with van der Waals surface area (Å²) in [6.45, 7) is 1.11. The van der Waals surface area contributed by atoms with Crippen LogP contribution in [0.15, 0.2) is 17.1 Å². The first-order valence-corrected chi connectivity index (χ1v) is 6.73. The van der Waals surface area contributed by atoms with E-state index in [4.69, 9.17) is 5.73 Å². The Morgan fingerprint density at radius 2 is 1.86 bits per heavy atom. The maximum atomic E-state index is 13.0. The molecule has 0 bridgehead atoms. The number of hydrogen-bond donors (Lipinski definition) is 2. The fourth-order valence-corrected chi connectivity index (χ4v) is 2.05. The summed E-state index contributed by atoms with van der Waals surface area (Å²) in [7, 11) is 0. The number of hydrogen-bond acceptors (Lipinski definition) is 1. The van der Waals surface area contributed by atoms with Gasteiger partial charge in [-0.05, 0) is 42.9 Å². The Kier molecular flexibility index (Phi) is 7.27. The lowest BCUT2D eigenvalue weighted by atomic mass is 9.86. The van der Waals surface area contributed by atoms with E-state index >= 15 is 0 Å². The maximum Gasteiger partial charge on any atom is 0.194 e. The van der Waals surface area contributed by atoms with Crippen molar-refractivity contribution < 1.29 is 13.2 Å². The molecule has 1 saturated carbocycles. The molecule has 0 amide bonds. The molecule has 1 aliphatic carbocycles.